The lowest BCUT2D eigenvalue weighted by Crippen LogP contribution is -2.35. The molecule has 3 heteroatoms. The van der Waals surface area contributed by atoms with Crippen LogP contribution in [-0.2, 0) is 0 Å². The quantitative estimate of drug-likeness (QED) is 0.418. The van der Waals surface area contributed by atoms with E-state index in [1.165, 1.54) is 12.1 Å². The molecule has 0 heterocycles. The molecule has 0 saturated heterocycles. The van der Waals surface area contributed by atoms with Gasteiger partial charge in [0.05, 0.1) is 24.2 Å². The number of hydrogen-bond acceptors (Lipinski definition) is 0. The summed E-state index contributed by atoms with van der Waals surface area (Å²) in [6, 6.07) is 2.64. The van der Waals surface area contributed by atoms with Crippen molar-refractivity contribution in [3.63, 3.8) is 0 Å². The van der Waals surface area contributed by atoms with Crippen molar-refractivity contribution in [3.8, 4) is 0 Å². The van der Waals surface area contributed by atoms with Crippen molar-refractivity contribution in [2.45, 2.75) is 103 Å². The minimum absolute atomic E-state index is 0.456. The van der Waals surface area contributed by atoms with Gasteiger partial charge in [-0.2, -0.15) is 0 Å². The number of hydrogen-bond donors (Lipinski definition) is 0. The Bertz CT molecular complexity index is 387. The summed E-state index contributed by atoms with van der Waals surface area (Å²) in [7, 11) is -3.67. The van der Waals surface area contributed by atoms with Crippen LogP contribution in [0.15, 0.2) is 23.6 Å². The first-order chi connectivity index (χ1) is 9.91. The fraction of sp³-hybridized carbons (Fsp3) is 0.800. The lowest BCUT2D eigenvalue weighted by molar-refractivity contribution is 0.728. The van der Waals surface area contributed by atoms with Crippen molar-refractivity contribution in [2.75, 3.05) is 0 Å². The van der Waals surface area contributed by atoms with Crippen LogP contribution in [0.5, 0.6) is 0 Å². The van der Waals surface area contributed by atoms with Gasteiger partial charge in [-0.3, -0.25) is 0 Å². The van der Waals surface area contributed by atoms with Gasteiger partial charge in [0.1, 0.15) is 0 Å². The fourth-order valence-corrected chi connectivity index (χ4v) is 6.49. The second-order valence-electron chi connectivity index (χ2n) is 11.3. The van der Waals surface area contributed by atoms with E-state index < -0.39 is 24.2 Å². The molecule has 0 radical (unpaired) electrons. The Kier molecular flexibility index (Phi) is 7.61. The van der Waals surface area contributed by atoms with Crippen LogP contribution in [0.2, 0.25) is 61.4 Å². The molecule has 0 aliphatic heterocycles. The van der Waals surface area contributed by atoms with Crippen molar-refractivity contribution in [1.82, 2.24) is 0 Å². The van der Waals surface area contributed by atoms with Crippen LogP contribution in [0, 0.1) is 0 Å². The minimum atomic E-state index is -1.26. The fourth-order valence-electron chi connectivity index (χ4n) is 1.93. The van der Waals surface area contributed by atoms with Crippen LogP contribution in [0.1, 0.15) is 41.5 Å². The maximum atomic E-state index is 2.60. The Balaban J connectivity index is 4.75. The largest absolute Gasteiger partial charge is 0.0984 e. The zero-order chi connectivity index (χ0) is 18.7. The molecule has 0 saturated carbocycles. The summed E-state index contributed by atoms with van der Waals surface area (Å²) in [6.07, 6.45) is 5.06. The third-order valence-electron chi connectivity index (χ3n) is 6.28. The van der Waals surface area contributed by atoms with Gasteiger partial charge in [-0.15, -0.1) is 0 Å². The molecule has 0 aromatic carbocycles. The molecular formula is C20H44Si3. The van der Waals surface area contributed by atoms with Gasteiger partial charge in [-0.05, 0) is 22.2 Å². The Morgan fingerprint density at radius 3 is 1.04 bits per heavy atom. The predicted octanol–water partition coefficient (Wildman–Crippen LogP) is 7.90. The van der Waals surface area contributed by atoms with Gasteiger partial charge in [0.25, 0.3) is 0 Å². The molecular weight excluding hydrogens is 324 g/mol. The molecule has 23 heavy (non-hydrogen) atoms. The molecule has 0 rings (SSSR count). The summed E-state index contributed by atoms with van der Waals surface area (Å²) in [5.74, 6) is 0. The van der Waals surface area contributed by atoms with Gasteiger partial charge in [-0.1, -0.05) is 104 Å². The van der Waals surface area contributed by atoms with Crippen LogP contribution in [0.25, 0.3) is 0 Å². The van der Waals surface area contributed by atoms with Crippen molar-refractivity contribution in [1.29, 1.82) is 0 Å². The van der Waals surface area contributed by atoms with Gasteiger partial charge in [0.15, 0.2) is 0 Å². The molecule has 0 amide bonds. The molecule has 0 fully saturated rings. The molecule has 0 aliphatic rings. The van der Waals surface area contributed by atoms with Gasteiger partial charge < -0.3 is 0 Å². The molecule has 0 unspecified atom stereocenters. The second kappa shape index (κ2) is 7.57. The first kappa shape index (κ1) is 23.1. The SMILES string of the molecule is CC(C)(C)[Si](C)(C)/C=C/C[Si](C)(C)C/C=C/[Si](C)(C)C(C)(C)C. The monoisotopic (exact) mass is 368 g/mol. The molecule has 0 aromatic heterocycles. The van der Waals surface area contributed by atoms with Crippen molar-refractivity contribution in [3.05, 3.63) is 23.6 Å². The smallest absolute Gasteiger partial charge is 0.0765 e. The van der Waals surface area contributed by atoms with Crippen LogP contribution in [-0.4, -0.2) is 24.2 Å². The summed E-state index contributed by atoms with van der Waals surface area (Å²) < 4.78 is 0. The van der Waals surface area contributed by atoms with Gasteiger partial charge in [0.2, 0.25) is 0 Å². The van der Waals surface area contributed by atoms with Crippen molar-refractivity contribution < 1.29 is 0 Å². The van der Waals surface area contributed by atoms with E-state index >= 15 is 0 Å². The highest BCUT2D eigenvalue weighted by atomic mass is 28.3. The first-order valence-corrected chi connectivity index (χ1v) is 18.8. The molecule has 0 atom stereocenters. The van der Waals surface area contributed by atoms with Crippen LogP contribution in [0.4, 0.5) is 0 Å². The van der Waals surface area contributed by atoms with Crippen LogP contribution >= 0.6 is 0 Å². The number of allylic oxidation sites excluding steroid dienone is 2. The second-order valence-corrected chi connectivity index (χ2v) is 27.0. The van der Waals surface area contributed by atoms with Gasteiger partial charge in [-0.25, -0.2) is 0 Å². The summed E-state index contributed by atoms with van der Waals surface area (Å²) in [4.78, 5) is 0. The van der Waals surface area contributed by atoms with E-state index in [0.717, 1.165) is 0 Å². The highest BCUT2D eigenvalue weighted by molar-refractivity contribution is 6.85. The number of rotatable bonds is 6. The highest BCUT2D eigenvalue weighted by Crippen LogP contribution is 2.38. The maximum Gasteiger partial charge on any atom is 0.0765 e. The first-order valence-electron chi connectivity index (χ1n) is 9.27. The topological polar surface area (TPSA) is 0 Å². The van der Waals surface area contributed by atoms with E-state index in [9.17, 15) is 0 Å². The zero-order valence-corrected chi connectivity index (χ0v) is 21.2. The minimum Gasteiger partial charge on any atom is -0.0984 e. The maximum absolute atomic E-state index is 2.60. The Hall–Kier alpha value is 0.131. The van der Waals surface area contributed by atoms with Crippen molar-refractivity contribution >= 4 is 24.2 Å². The Morgan fingerprint density at radius 1 is 0.565 bits per heavy atom. The van der Waals surface area contributed by atoms with E-state index in [0.29, 0.717) is 10.1 Å². The standard InChI is InChI=1S/C20H44Si3/c1-19(2,3)22(9,10)17-13-15-21(7,8)16-14-18-23(11,12)20(4,5)6/h13-14,17-18H,15-16H2,1-12H3/b17-13+,18-14+. The normalized spacial score (nSPS) is 15.8. The van der Waals surface area contributed by atoms with E-state index in [-0.39, 0.29) is 0 Å². The third-order valence-corrected chi connectivity index (χ3v) is 18.8. The molecule has 0 aliphatic carbocycles. The predicted molar refractivity (Wildman–Crippen MR) is 120 cm³/mol. The summed E-state index contributed by atoms with van der Waals surface area (Å²) >= 11 is 0. The van der Waals surface area contributed by atoms with E-state index in [2.05, 4.69) is 104 Å². The summed E-state index contributed by atoms with van der Waals surface area (Å²) in [5.41, 5.74) is 5.19. The molecule has 0 bridgehead atoms. The van der Waals surface area contributed by atoms with Crippen LogP contribution in [0.3, 0.4) is 0 Å². The molecule has 0 spiro atoms. The molecule has 0 aromatic rings. The summed E-state index contributed by atoms with van der Waals surface area (Å²) in [6.45, 7) is 29.4. The van der Waals surface area contributed by atoms with E-state index in [1.54, 1.807) is 0 Å². The average Bonchev–Trinajstić information content (AvgIpc) is 2.24. The van der Waals surface area contributed by atoms with E-state index in [4.69, 9.17) is 0 Å². The van der Waals surface area contributed by atoms with Crippen molar-refractivity contribution in [2.24, 2.45) is 0 Å². The highest BCUT2D eigenvalue weighted by Gasteiger charge is 2.33. The Morgan fingerprint density at radius 2 is 0.826 bits per heavy atom. The summed E-state index contributed by atoms with van der Waals surface area (Å²) in [5, 5.41) is 0.912. The van der Waals surface area contributed by atoms with Crippen LogP contribution < -0.4 is 0 Å². The van der Waals surface area contributed by atoms with Gasteiger partial charge in [0, 0.05) is 0 Å². The molecule has 0 nitrogen and oxygen atoms in total. The lowest BCUT2D eigenvalue weighted by atomic mass is 10.2. The lowest BCUT2D eigenvalue weighted by Gasteiger charge is -2.35. The third kappa shape index (κ3) is 7.70. The van der Waals surface area contributed by atoms with E-state index in [1.807, 2.05) is 0 Å². The molecule has 0 N–H and O–H groups in total. The van der Waals surface area contributed by atoms with Gasteiger partial charge >= 0.3 is 0 Å². The molecule has 136 valence electrons. The zero-order valence-electron chi connectivity index (χ0n) is 18.2. The average molecular weight is 369 g/mol. The Labute approximate surface area is 150 Å².